The summed E-state index contributed by atoms with van der Waals surface area (Å²) in [5.74, 6) is -0.258. The number of aliphatic hydroxyl groups is 1. The van der Waals surface area contributed by atoms with Crippen LogP contribution < -0.4 is 0 Å². The van der Waals surface area contributed by atoms with Crippen LogP contribution in [0.4, 0.5) is 4.39 Å². The molecule has 0 spiro atoms. The van der Waals surface area contributed by atoms with E-state index >= 15 is 0 Å². The number of benzene rings is 2. The molecule has 1 N–H and O–H groups in total. The van der Waals surface area contributed by atoms with Crippen molar-refractivity contribution >= 4 is 5.71 Å². The molecule has 28 heavy (non-hydrogen) atoms. The van der Waals surface area contributed by atoms with Crippen LogP contribution in [0.1, 0.15) is 24.5 Å². The Morgan fingerprint density at radius 2 is 1.96 bits per heavy atom. The van der Waals surface area contributed by atoms with Gasteiger partial charge in [-0.25, -0.2) is 4.39 Å². The lowest BCUT2D eigenvalue weighted by Crippen LogP contribution is -2.39. The minimum atomic E-state index is -0.601. The second-order valence-electron chi connectivity index (χ2n) is 6.97. The summed E-state index contributed by atoms with van der Waals surface area (Å²) in [4.78, 5) is 7.75. The van der Waals surface area contributed by atoms with Gasteiger partial charge in [0.05, 0.1) is 18.4 Å². The van der Waals surface area contributed by atoms with Crippen molar-refractivity contribution < 1.29 is 19.1 Å². The Balaban J connectivity index is 1.61. The fourth-order valence-electron chi connectivity index (χ4n) is 3.27. The molecule has 0 aromatic heterocycles. The average molecular weight is 386 g/mol. The first-order valence-corrected chi connectivity index (χ1v) is 9.64. The van der Waals surface area contributed by atoms with E-state index in [1.165, 1.54) is 12.1 Å². The van der Waals surface area contributed by atoms with Gasteiger partial charge in [0, 0.05) is 32.7 Å². The molecule has 1 aliphatic heterocycles. The van der Waals surface area contributed by atoms with Crippen LogP contribution >= 0.6 is 0 Å². The maximum Gasteiger partial charge on any atom is 0.145 e. The number of rotatable bonds is 10. The van der Waals surface area contributed by atoms with Crippen LogP contribution in [-0.4, -0.2) is 54.2 Å². The van der Waals surface area contributed by atoms with Crippen molar-refractivity contribution in [1.29, 1.82) is 0 Å². The molecule has 0 bridgehead atoms. The Morgan fingerprint density at radius 1 is 1.21 bits per heavy atom. The highest BCUT2D eigenvalue weighted by Gasteiger charge is 2.25. The van der Waals surface area contributed by atoms with Crippen LogP contribution in [0.2, 0.25) is 0 Å². The molecule has 0 radical (unpaired) electrons. The van der Waals surface area contributed by atoms with Gasteiger partial charge in [-0.1, -0.05) is 47.6 Å². The van der Waals surface area contributed by atoms with Gasteiger partial charge in [0.15, 0.2) is 0 Å². The predicted octanol–water partition coefficient (Wildman–Crippen LogP) is 3.22. The lowest BCUT2D eigenvalue weighted by molar-refractivity contribution is 0.000489. The smallest absolute Gasteiger partial charge is 0.145 e. The summed E-state index contributed by atoms with van der Waals surface area (Å²) < 4.78 is 18.5. The lowest BCUT2D eigenvalue weighted by Gasteiger charge is -2.27. The van der Waals surface area contributed by atoms with Gasteiger partial charge < -0.3 is 14.7 Å². The van der Waals surface area contributed by atoms with Crippen molar-refractivity contribution in [3.63, 3.8) is 0 Å². The van der Waals surface area contributed by atoms with Crippen LogP contribution in [0.15, 0.2) is 59.8 Å². The molecule has 2 aromatic carbocycles. The fourth-order valence-corrected chi connectivity index (χ4v) is 3.27. The summed E-state index contributed by atoms with van der Waals surface area (Å²) in [7, 11) is 0. The molecular weight excluding hydrogens is 359 g/mol. The van der Waals surface area contributed by atoms with Gasteiger partial charge in [-0.15, -0.1) is 0 Å². The van der Waals surface area contributed by atoms with Crippen LogP contribution in [-0.2, 0) is 16.1 Å². The predicted molar refractivity (Wildman–Crippen MR) is 107 cm³/mol. The quantitative estimate of drug-likeness (QED) is 0.681. The summed E-state index contributed by atoms with van der Waals surface area (Å²) in [6.07, 6.45) is 0.0251. The van der Waals surface area contributed by atoms with Crippen LogP contribution in [0.3, 0.4) is 0 Å². The van der Waals surface area contributed by atoms with Gasteiger partial charge in [0.1, 0.15) is 11.9 Å². The second kappa shape index (κ2) is 10.3. The first-order valence-electron chi connectivity index (χ1n) is 9.64. The van der Waals surface area contributed by atoms with E-state index in [1.54, 1.807) is 12.1 Å². The third-order valence-corrected chi connectivity index (χ3v) is 4.60. The van der Waals surface area contributed by atoms with Crippen molar-refractivity contribution in [3.05, 3.63) is 71.5 Å². The van der Waals surface area contributed by atoms with E-state index in [9.17, 15) is 9.50 Å². The summed E-state index contributed by atoms with van der Waals surface area (Å²) >= 11 is 0. The molecule has 0 saturated carbocycles. The molecule has 6 heteroatoms. The van der Waals surface area contributed by atoms with Gasteiger partial charge in [-0.3, -0.25) is 4.90 Å². The number of nitrogens with zero attached hydrogens (tertiary/aromatic N) is 2. The highest BCUT2D eigenvalue weighted by molar-refractivity contribution is 6.01. The summed E-state index contributed by atoms with van der Waals surface area (Å²) in [6.45, 7) is 4.39. The second-order valence-corrected chi connectivity index (χ2v) is 6.97. The Kier molecular flexibility index (Phi) is 7.54. The molecule has 2 atom stereocenters. The Bertz CT molecular complexity index is 752. The number of hydrogen-bond donors (Lipinski definition) is 1. The first-order chi connectivity index (χ1) is 13.6. The number of aliphatic hydroxyl groups excluding tert-OH is 1. The van der Waals surface area contributed by atoms with Crippen molar-refractivity contribution in [3.8, 4) is 0 Å². The van der Waals surface area contributed by atoms with E-state index < -0.39 is 6.10 Å². The zero-order valence-electron chi connectivity index (χ0n) is 16.1. The van der Waals surface area contributed by atoms with Gasteiger partial charge in [-0.05, 0) is 30.2 Å². The SMILES string of the molecule is CCOC[C@H](O)CN(Cc1ccc(F)cc1)C[C@H]1CC(c2ccccc2)=NO1. The third kappa shape index (κ3) is 6.12. The standard InChI is InChI=1S/C22H27FN2O3/c1-2-27-16-20(26)14-25(13-17-8-10-19(23)11-9-17)15-21-12-22(24-28-21)18-6-4-3-5-7-18/h3-11,20-21,26H,2,12-16H2,1H3/t20-,21-/m1/s1. The minimum Gasteiger partial charge on any atom is -0.390 e. The van der Waals surface area contributed by atoms with Crippen LogP contribution in [0.25, 0.3) is 0 Å². The lowest BCUT2D eigenvalue weighted by atomic mass is 10.0. The van der Waals surface area contributed by atoms with E-state index in [0.29, 0.717) is 32.7 Å². The van der Waals surface area contributed by atoms with Crippen LogP contribution in [0.5, 0.6) is 0 Å². The summed E-state index contributed by atoms with van der Waals surface area (Å²) in [6, 6.07) is 16.4. The molecular formula is C22H27FN2O3. The van der Waals surface area contributed by atoms with Crippen molar-refractivity contribution in [1.82, 2.24) is 4.90 Å². The summed E-state index contributed by atoms with van der Waals surface area (Å²) in [5.41, 5.74) is 2.97. The largest absolute Gasteiger partial charge is 0.390 e. The van der Waals surface area contributed by atoms with Crippen LogP contribution in [0, 0.1) is 5.82 Å². The molecule has 2 aromatic rings. The zero-order chi connectivity index (χ0) is 19.8. The van der Waals surface area contributed by atoms with E-state index in [2.05, 4.69) is 10.1 Å². The maximum absolute atomic E-state index is 13.2. The van der Waals surface area contributed by atoms with Crippen molar-refractivity contribution in [2.24, 2.45) is 5.16 Å². The molecule has 0 unspecified atom stereocenters. The molecule has 0 aliphatic carbocycles. The average Bonchev–Trinajstić information content (AvgIpc) is 3.17. The number of oxime groups is 1. The monoisotopic (exact) mass is 386 g/mol. The Hall–Kier alpha value is -2.28. The highest BCUT2D eigenvalue weighted by atomic mass is 19.1. The van der Waals surface area contributed by atoms with Crippen molar-refractivity contribution in [2.45, 2.75) is 32.1 Å². The number of ether oxygens (including phenoxy) is 1. The molecule has 3 rings (SSSR count). The van der Waals surface area contributed by atoms with Gasteiger partial charge >= 0.3 is 0 Å². The number of hydrogen-bond acceptors (Lipinski definition) is 5. The Morgan fingerprint density at radius 3 is 2.68 bits per heavy atom. The van der Waals surface area contributed by atoms with E-state index in [1.807, 2.05) is 37.3 Å². The summed E-state index contributed by atoms with van der Waals surface area (Å²) in [5, 5.41) is 14.5. The molecule has 150 valence electrons. The van der Waals surface area contributed by atoms with Gasteiger partial charge in [-0.2, -0.15) is 0 Å². The molecule has 0 amide bonds. The molecule has 0 fully saturated rings. The maximum atomic E-state index is 13.2. The molecule has 5 nitrogen and oxygen atoms in total. The Labute approximate surface area is 165 Å². The van der Waals surface area contributed by atoms with Gasteiger partial charge in [0.25, 0.3) is 0 Å². The van der Waals surface area contributed by atoms with E-state index in [4.69, 9.17) is 9.57 Å². The minimum absolute atomic E-state index is 0.0880. The molecule has 1 heterocycles. The fraction of sp³-hybridized carbons (Fsp3) is 0.409. The van der Waals surface area contributed by atoms with E-state index in [0.717, 1.165) is 16.8 Å². The third-order valence-electron chi connectivity index (χ3n) is 4.60. The van der Waals surface area contributed by atoms with E-state index in [-0.39, 0.29) is 18.5 Å². The topological polar surface area (TPSA) is 54.3 Å². The first kappa shape index (κ1) is 20.5. The molecule has 1 aliphatic rings. The van der Waals surface area contributed by atoms with Gasteiger partial charge in [0.2, 0.25) is 0 Å². The highest BCUT2D eigenvalue weighted by Crippen LogP contribution is 2.19. The normalized spacial score (nSPS) is 17.4. The zero-order valence-corrected chi connectivity index (χ0v) is 16.1. The van der Waals surface area contributed by atoms with Crippen molar-refractivity contribution in [2.75, 3.05) is 26.3 Å². The molecule has 0 saturated heterocycles. The number of halogens is 1.